The number of carbonyl (C=O) groups is 2. The highest BCUT2D eigenvalue weighted by molar-refractivity contribution is 6.09. The first kappa shape index (κ1) is 24.5. The lowest BCUT2D eigenvalue weighted by molar-refractivity contribution is -0.192. The number of aliphatic imine (C=N–C) groups is 1. The van der Waals surface area contributed by atoms with Crippen molar-refractivity contribution in [2.24, 2.45) is 10.7 Å². The Bertz CT molecular complexity index is 1230. The highest BCUT2D eigenvalue weighted by Crippen LogP contribution is 2.40. The number of carboxylic acid groups (broad SMARTS) is 1. The van der Waals surface area contributed by atoms with Gasteiger partial charge in [0, 0.05) is 7.05 Å². The van der Waals surface area contributed by atoms with Gasteiger partial charge in [0.15, 0.2) is 11.5 Å². The van der Waals surface area contributed by atoms with E-state index in [1.54, 1.807) is 7.05 Å². The Labute approximate surface area is 194 Å². The van der Waals surface area contributed by atoms with Gasteiger partial charge in [0.1, 0.15) is 0 Å². The average molecular weight is 469 g/mol. The van der Waals surface area contributed by atoms with E-state index < -0.39 is 17.7 Å². The minimum atomic E-state index is -5.08. The van der Waals surface area contributed by atoms with Crippen LogP contribution in [0.3, 0.4) is 0 Å². The van der Waals surface area contributed by atoms with Crippen molar-refractivity contribution in [1.29, 1.82) is 0 Å². The Morgan fingerprint density at radius 3 is 2.00 bits per heavy atom. The van der Waals surface area contributed by atoms with E-state index in [4.69, 9.17) is 15.6 Å². The number of amides is 1. The van der Waals surface area contributed by atoms with Crippen molar-refractivity contribution in [2.75, 3.05) is 7.05 Å². The smallest absolute Gasteiger partial charge is 0.475 e. The van der Waals surface area contributed by atoms with Gasteiger partial charge in [-0.3, -0.25) is 9.69 Å². The second-order valence-electron chi connectivity index (χ2n) is 7.66. The highest BCUT2D eigenvalue weighted by Gasteiger charge is 2.49. The van der Waals surface area contributed by atoms with Gasteiger partial charge in [0.25, 0.3) is 5.91 Å². The van der Waals surface area contributed by atoms with Crippen LogP contribution in [0.2, 0.25) is 0 Å². The van der Waals surface area contributed by atoms with Gasteiger partial charge in [-0.05, 0) is 35.2 Å². The molecule has 0 bridgehead atoms. The van der Waals surface area contributed by atoms with E-state index in [1.165, 1.54) is 10.5 Å². The Kier molecular flexibility index (Phi) is 6.76. The molecule has 0 radical (unpaired) electrons. The first-order chi connectivity index (χ1) is 16.0. The zero-order valence-corrected chi connectivity index (χ0v) is 18.4. The van der Waals surface area contributed by atoms with Crippen LogP contribution >= 0.6 is 0 Å². The number of likely N-dealkylation sites (N-methyl/N-ethyl adjacent to an activating group) is 1. The molecular formula is C25H22F3N3O3. The molecule has 4 rings (SSSR count). The molecule has 0 fully saturated rings. The third-order valence-electron chi connectivity index (χ3n) is 5.34. The van der Waals surface area contributed by atoms with E-state index >= 15 is 0 Å². The van der Waals surface area contributed by atoms with E-state index in [2.05, 4.69) is 36.2 Å². The third kappa shape index (κ3) is 4.78. The van der Waals surface area contributed by atoms with Gasteiger partial charge >= 0.3 is 12.1 Å². The summed E-state index contributed by atoms with van der Waals surface area (Å²) in [4.78, 5) is 28.2. The van der Waals surface area contributed by atoms with Crippen molar-refractivity contribution in [2.45, 2.75) is 18.6 Å². The molecule has 3 aromatic rings. The molecule has 3 aromatic carbocycles. The van der Waals surface area contributed by atoms with Gasteiger partial charge in [0.2, 0.25) is 0 Å². The summed E-state index contributed by atoms with van der Waals surface area (Å²) in [5.41, 5.74) is 9.85. The van der Waals surface area contributed by atoms with Crippen molar-refractivity contribution in [3.05, 3.63) is 95.6 Å². The molecule has 1 atom stereocenters. The maximum absolute atomic E-state index is 13.3. The fraction of sp³-hybridized carbons (Fsp3) is 0.160. The summed E-state index contributed by atoms with van der Waals surface area (Å²) in [6.07, 6.45) is -5.08. The molecule has 0 aromatic heterocycles. The number of nitrogens with two attached hydrogens (primary N) is 1. The number of nitrogens with zero attached hydrogens (tertiary/aromatic N) is 2. The van der Waals surface area contributed by atoms with Crippen LogP contribution < -0.4 is 5.73 Å². The molecule has 0 saturated carbocycles. The molecule has 9 heteroatoms. The monoisotopic (exact) mass is 469 g/mol. The minimum Gasteiger partial charge on any atom is -0.475 e. The molecule has 0 spiro atoms. The van der Waals surface area contributed by atoms with Crippen molar-refractivity contribution >= 4 is 17.8 Å². The Morgan fingerprint density at radius 2 is 1.50 bits per heavy atom. The van der Waals surface area contributed by atoms with Gasteiger partial charge < -0.3 is 10.8 Å². The molecule has 176 valence electrons. The van der Waals surface area contributed by atoms with Crippen LogP contribution in [0.15, 0.2) is 83.9 Å². The largest absolute Gasteiger partial charge is 0.490 e. The van der Waals surface area contributed by atoms with Crippen LogP contribution in [0.5, 0.6) is 0 Å². The van der Waals surface area contributed by atoms with E-state index in [-0.39, 0.29) is 11.9 Å². The zero-order chi connectivity index (χ0) is 25.1. The average Bonchev–Trinajstić information content (AvgIpc) is 3.05. The van der Waals surface area contributed by atoms with Crippen molar-refractivity contribution in [1.82, 2.24) is 4.90 Å². The number of aryl methyl sites for hydroxylation is 1. The number of hydrogen-bond acceptors (Lipinski definition) is 4. The van der Waals surface area contributed by atoms with Crippen LogP contribution in [0.25, 0.3) is 11.1 Å². The topological polar surface area (TPSA) is 96.0 Å². The normalized spacial score (nSPS) is 17.6. The second kappa shape index (κ2) is 9.38. The van der Waals surface area contributed by atoms with E-state index in [1.807, 2.05) is 54.6 Å². The number of carbonyl (C=O) groups excluding carboxylic acids is 1. The van der Waals surface area contributed by atoms with Crippen LogP contribution in [-0.2, 0) is 15.1 Å². The summed E-state index contributed by atoms with van der Waals surface area (Å²) in [5.74, 6) is -2.68. The lowest BCUT2D eigenvalue weighted by atomic mass is 9.82. The number of aliphatic carboxylic acids is 1. The minimum absolute atomic E-state index is 0.146. The predicted molar refractivity (Wildman–Crippen MR) is 122 cm³/mol. The maximum atomic E-state index is 13.3. The number of hydrogen-bond donors (Lipinski definition) is 2. The molecule has 1 unspecified atom stereocenters. The van der Waals surface area contributed by atoms with E-state index in [0.29, 0.717) is 0 Å². The summed E-state index contributed by atoms with van der Waals surface area (Å²) in [7, 11) is 1.66. The second-order valence-corrected chi connectivity index (χ2v) is 7.66. The summed E-state index contributed by atoms with van der Waals surface area (Å²) in [6, 6.07) is 25.9. The van der Waals surface area contributed by atoms with E-state index in [0.717, 1.165) is 22.3 Å². The summed E-state index contributed by atoms with van der Waals surface area (Å²) < 4.78 is 31.7. The molecule has 1 aliphatic heterocycles. The summed E-state index contributed by atoms with van der Waals surface area (Å²) in [6.45, 7) is 2.06. The molecule has 1 amide bonds. The first-order valence-corrected chi connectivity index (χ1v) is 10.1. The van der Waals surface area contributed by atoms with Gasteiger partial charge in [-0.15, -0.1) is 0 Å². The van der Waals surface area contributed by atoms with Gasteiger partial charge in [0.05, 0.1) is 0 Å². The van der Waals surface area contributed by atoms with Crippen LogP contribution in [0, 0.1) is 6.92 Å². The Morgan fingerprint density at radius 1 is 0.941 bits per heavy atom. The molecule has 0 aliphatic carbocycles. The molecule has 1 heterocycles. The fourth-order valence-corrected chi connectivity index (χ4v) is 3.53. The van der Waals surface area contributed by atoms with Crippen LogP contribution in [0.1, 0.15) is 16.7 Å². The Hall–Kier alpha value is -4.14. The van der Waals surface area contributed by atoms with Crippen molar-refractivity contribution < 1.29 is 27.9 Å². The van der Waals surface area contributed by atoms with Gasteiger partial charge in [-0.2, -0.15) is 13.2 Å². The molecule has 0 saturated heterocycles. The first-order valence-electron chi connectivity index (χ1n) is 10.1. The number of benzene rings is 3. The van der Waals surface area contributed by atoms with Crippen molar-refractivity contribution in [3.8, 4) is 11.1 Å². The number of alkyl halides is 3. The number of guanidine groups is 1. The lowest BCUT2D eigenvalue weighted by Crippen LogP contribution is -2.41. The highest BCUT2D eigenvalue weighted by atomic mass is 19.4. The predicted octanol–water partition coefficient (Wildman–Crippen LogP) is 4.33. The maximum Gasteiger partial charge on any atom is 0.490 e. The fourth-order valence-electron chi connectivity index (χ4n) is 3.53. The van der Waals surface area contributed by atoms with Crippen LogP contribution in [0.4, 0.5) is 13.2 Å². The number of halogens is 3. The number of carboxylic acids is 1. The molecule has 34 heavy (non-hydrogen) atoms. The summed E-state index contributed by atoms with van der Waals surface area (Å²) in [5, 5.41) is 7.12. The molecule has 6 nitrogen and oxygen atoms in total. The molecular weight excluding hydrogens is 447 g/mol. The van der Waals surface area contributed by atoms with E-state index in [9.17, 15) is 18.0 Å². The zero-order valence-electron chi connectivity index (χ0n) is 18.4. The number of rotatable bonds is 3. The van der Waals surface area contributed by atoms with Crippen molar-refractivity contribution in [3.63, 3.8) is 0 Å². The SMILES string of the molecule is Cc1ccc(-c2cccc(C3(c4ccccc4)N=C(N)N(C)C3=O)c2)cc1.O=C(O)C(F)(F)F. The Balaban J connectivity index is 0.000000406. The van der Waals surface area contributed by atoms with Crippen LogP contribution in [-0.4, -0.2) is 41.1 Å². The van der Waals surface area contributed by atoms with Gasteiger partial charge in [-0.1, -0.05) is 78.4 Å². The molecule has 3 N–H and O–H groups in total. The molecule has 1 aliphatic rings. The quantitative estimate of drug-likeness (QED) is 0.597. The lowest BCUT2D eigenvalue weighted by Gasteiger charge is -2.26. The standard InChI is InChI=1S/C23H21N3O.C2HF3O2/c1-16-11-13-17(14-12-16)18-7-6-10-20(15-18)23(19-8-4-3-5-9-19)21(27)26(2)22(24)25-23;3-2(4,5)1(6)7/h3-15H,1-2H3,(H2,24,25);(H,6,7). The third-order valence-corrected chi connectivity index (χ3v) is 5.34. The van der Waals surface area contributed by atoms with Gasteiger partial charge in [-0.25, -0.2) is 9.79 Å². The summed E-state index contributed by atoms with van der Waals surface area (Å²) >= 11 is 0.